The van der Waals surface area contributed by atoms with Crippen molar-refractivity contribution in [2.24, 2.45) is 11.8 Å². The van der Waals surface area contributed by atoms with Crippen LogP contribution in [0.15, 0.2) is 23.7 Å². The highest BCUT2D eigenvalue weighted by molar-refractivity contribution is 7.10. The first-order valence-electron chi connectivity index (χ1n) is 10.6. The number of rotatable bonds is 5. The van der Waals surface area contributed by atoms with Crippen LogP contribution in [0, 0.1) is 11.8 Å². The maximum absolute atomic E-state index is 12.8. The van der Waals surface area contributed by atoms with Gasteiger partial charge in [-0.2, -0.15) is 18.3 Å². The van der Waals surface area contributed by atoms with Crippen molar-refractivity contribution in [3.63, 3.8) is 0 Å². The Labute approximate surface area is 187 Å². The standard InChI is InChI=1S/C22H25F3N4O2S/c1-12(2)13-4-6-15(7-5-13)29-10-14-8-17(19(31-3)9-16(14)28-29)26-20(30)18-11-32-21(27-18)22(23,24)25/h8-13,15H,4-7H2,1-3H3,(H,26,30)/t13-,15-. The molecule has 0 radical (unpaired) electrons. The molecule has 0 saturated heterocycles. The number of benzene rings is 1. The van der Waals surface area contributed by atoms with Crippen LogP contribution in [0.1, 0.15) is 61.1 Å². The molecule has 10 heteroatoms. The van der Waals surface area contributed by atoms with E-state index < -0.39 is 17.1 Å². The average Bonchev–Trinajstić information content (AvgIpc) is 3.40. The number of nitrogens with one attached hydrogen (secondary N) is 1. The van der Waals surface area contributed by atoms with Crippen molar-refractivity contribution in [1.29, 1.82) is 0 Å². The number of amides is 1. The van der Waals surface area contributed by atoms with E-state index in [4.69, 9.17) is 9.84 Å². The van der Waals surface area contributed by atoms with Gasteiger partial charge < -0.3 is 10.1 Å². The number of fused-ring (bicyclic) bond motifs is 1. The van der Waals surface area contributed by atoms with Gasteiger partial charge in [-0.3, -0.25) is 9.48 Å². The molecule has 3 aromatic rings. The number of alkyl halides is 3. The van der Waals surface area contributed by atoms with Gasteiger partial charge in [0.25, 0.3) is 5.91 Å². The fourth-order valence-electron chi connectivity index (χ4n) is 4.25. The molecule has 0 unspecified atom stereocenters. The number of hydrogen-bond acceptors (Lipinski definition) is 5. The summed E-state index contributed by atoms with van der Waals surface area (Å²) in [5.74, 6) is 1.09. The van der Waals surface area contributed by atoms with E-state index >= 15 is 0 Å². The Bertz CT molecular complexity index is 1110. The molecule has 0 spiro atoms. The number of methoxy groups -OCH3 is 1. The van der Waals surface area contributed by atoms with E-state index in [1.54, 1.807) is 12.1 Å². The number of carbonyl (C=O) groups is 1. The minimum atomic E-state index is -4.58. The van der Waals surface area contributed by atoms with Gasteiger partial charge in [-0.15, -0.1) is 11.3 Å². The number of halogens is 3. The topological polar surface area (TPSA) is 69.0 Å². The fraction of sp³-hybridized carbons (Fsp3) is 0.500. The Morgan fingerprint density at radius 3 is 2.56 bits per heavy atom. The molecule has 4 rings (SSSR count). The molecule has 2 heterocycles. The third-order valence-electron chi connectivity index (χ3n) is 6.13. The van der Waals surface area contributed by atoms with Crippen LogP contribution in [0.3, 0.4) is 0 Å². The van der Waals surface area contributed by atoms with Crippen molar-refractivity contribution in [2.75, 3.05) is 12.4 Å². The molecule has 6 nitrogen and oxygen atoms in total. The van der Waals surface area contributed by atoms with Crippen molar-refractivity contribution in [3.05, 3.63) is 34.4 Å². The van der Waals surface area contributed by atoms with Gasteiger partial charge in [0.1, 0.15) is 11.4 Å². The molecule has 0 aliphatic heterocycles. The number of carbonyl (C=O) groups excluding carboxylic acids is 1. The summed E-state index contributed by atoms with van der Waals surface area (Å²) in [6, 6.07) is 3.78. The lowest BCUT2D eigenvalue weighted by atomic mass is 9.80. The second-order valence-electron chi connectivity index (χ2n) is 8.52. The molecule has 1 aromatic carbocycles. The molecule has 1 aliphatic rings. The first kappa shape index (κ1) is 22.6. The van der Waals surface area contributed by atoms with Crippen LogP contribution >= 0.6 is 11.3 Å². The molecule has 1 fully saturated rings. The summed E-state index contributed by atoms with van der Waals surface area (Å²) >= 11 is 0.387. The highest BCUT2D eigenvalue weighted by Crippen LogP contribution is 2.37. The lowest BCUT2D eigenvalue weighted by Gasteiger charge is -2.30. The smallest absolute Gasteiger partial charge is 0.443 e. The third kappa shape index (κ3) is 4.60. The highest BCUT2D eigenvalue weighted by Gasteiger charge is 2.35. The predicted molar refractivity (Wildman–Crippen MR) is 117 cm³/mol. The third-order valence-corrected chi connectivity index (χ3v) is 7.02. The maximum Gasteiger partial charge on any atom is 0.443 e. The summed E-state index contributed by atoms with van der Waals surface area (Å²) in [5, 5.41) is 8.19. The zero-order chi connectivity index (χ0) is 23.0. The monoisotopic (exact) mass is 466 g/mol. The van der Waals surface area contributed by atoms with E-state index in [0.29, 0.717) is 34.7 Å². The molecular formula is C22H25F3N4O2S. The Morgan fingerprint density at radius 1 is 1.25 bits per heavy atom. The first-order chi connectivity index (χ1) is 15.2. The van der Waals surface area contributed by atoms with Gasteiger partial charge in [-0.1, -0.05) is 13.8 Å². The summed E-state index contributed by atoms with van der Waals surface area (Å²) in [5.41, 5.74) is 0.801. The molecule has 2 aromatic heterocycles. The van der Waals surface area contributed by atoms with Crippen molar-refractivity contribution < 1.29 is 22.7 Å². The summed E-state index contributed by atoms with van der Waals surface area (Å²) < 4.78 is 45.7. The molecular weight excluding hydrogens is 441 g/mol. The van der Waals surface area contributed by atoms with Crippen LogP contribution in [-0.4, -0.2) is 27.8 Å². The quantitative estimate of drug-likeness (QED) is 0.489. The fourth-order valence-corrected chi connectivity index (χ4v) is 4.92. The van der Waals surface area contributed by atoms with E-state index in [1.165, 1.54) is 20.0 Å². The van der Waals surface area contributed by atoms with Crippen LogP contribution in [0.5, 0.6) is 5.75 Å². The second kappa shape index (κ2) is 8.73. The molecule has 32 heavy (non-hydrogen) atoms. The van der Waals surface area contributed by atoms with Crippen molar-refractivity contribution >= 4 is 33.8 Å². The van der Waals surface area contributed by atoms with Gasteiger partial charge in [0.2, 0.25) is 0 Å². The second-order valence-corrected chi connectivity index (χ2v) is 9.38. The molecule has 1 aliphatic carbocycles. The zero-order valence-corrected chi connectivity index (χ0v) is 18.9. The molecule has 0 atom stereocenters. The number of nitrogens with zero attached hydrogens (tertiary/aromatic N) is 3. The maximum atomic E-state index is 12.8. The van der Waals surface area contributed by atoms with E-state index in [1.807, 2.05) is 10.9 Å². The molecule has 0 bridgehead atoms. The molecule has 1 saturated carbocycles. The number of ether oxygens (including phenoxy) is 1. The first-order valence-corrected chi connectivity index (χ1v) is 11.4. The lowest BCUT2D eigenvalue weighted by molar-refractivity contribution is -0.137. The Morgan fingerprint density at radius 2 is 1.97 bits per heavy atom. The van der Waals surface area contributed by atoms with Crippen molar-refractivity contribution in [2.45, 2.75) is 51.7 Å². The van der Waals surface area contributed by atoms with Gasteiger partial charge in [-0.05, 0) is 43.6 Å². The number of thiazole rings is 1. The van der Waals surface area contributed by atoms with Gasteiger partial charge in [0, 0.05) is 23.0 Å². The largest absolute Gasteiger partial charge is 0.494 e. The Hall–Kier alpha value is -2.62. The SMILES string of the molecule is COc1cc2nn([C@H]3CC[C@H](C(C)C)CC3)cc2cc1NC(=O)c1csc(C(F)(F)F)n1. The van der Waals surface area contributed by atoms with Crippen molar-refractivity contribution in [1.82, 2.24) is 14.8 Å². The Balaban J connectivity index is 1.55. The van der Waals surface area contributed by atoms with E-state index in [2.05, 4.69) is 24.1 Å². The number of anilines is 1. The van der Waals surface area contributed by atoms with Gasteiger partial charge >= 0.3 is 6.18 Å². The van der Waals surface area contributed by atoms with Crippen LogP contribution in [0.2, 0.25) is 0 Å². The highest BCUT2D eigenvalue weighted by atomic mass is 32.1. The van der Waals surface area contributed by atoms with Crippen LogP contribution in [0.4, 0.5) is 18.9 Å². The average molecular weight is 467 g/mol. The van der Waals surface area contributed by atoms with Gasteiger partial charge in [0.05, 0.1) is 24.4 Å². The van der Waals surface area contributed by atoms with E-state index in [9.17, 15) is 18.0 Å². The molecule has 1 amide bonds. The van der Waals surface area contributed by atoms with E-state index in [-0.39, 0.29) is 5.69 Å². The van der Waals surface area contributed by atoms with Crippen LogP contribution in [-0.2, 0) is 6.18 Å². The summed E-state index contributed by atoms with van der Waals surface area (Å²) in [7, 11) is 1.46. The minimum absolute atomic E-state index is 0.290. The van der Waals surface area contributed by atoms with Crippen LogP contribution < -0.4 is 10.1 Å². The number of aromatic nitrogens is 3. The Kier molecular flexibility index (Phi) is 6.15. The van der Waals surface area contributed by atoms with Crippen molar-refractivity contribution in [3.8, 4) is 5.75 Å². The number of hydrogen-bond donors (Lipinski definition) is 1. The van der Waals surface area contributed by atoms with E-state index in [0.717, 1.165) is 35.0 Å². The lowest BCUT2D eigenvalue weighted by Crippen LogP contribution is -2.21. The molecule has 172 valence electrons. The summed E-state index contributed by atoms with van der Waals surface area (Å²) in [6.45, 7) is 4.54. The molecule has 1 N–H and O–H groups in total. The van der Waals surface area contributed by atoms with Gasteiger partial charge in [-0.25, -0.2) is 4.98 Å². The summed E-state index contributed by atoms with van der Waals surface area (Å²) in [4.78, 5) is 15.9. The predicted octanol–water partition coefficient (Wildman–Crippen LogP) is 6.16. The zero-order valence-electron chi connectivity index (χ0n) is 18.1. The van der Waals surface area contributed by atoms with Gasteiger partial charge in [0.15, 0.2) is 5.01 Å². The summed E-state index contributed by atoms with van der Waals surface area (Å²) in [6.07, 6.45) is 1.87. The van der Waals surface area contributed by atoms with Crippen LogP contribution in [0.25, 0.3) is 10.9 Å². The minimum Gasteiger partial charge on any atom is -0.494 e. The normalized spacial score (nSPS) is 19.5.